The molecule has 2 aliphatic heterocycles. The molecule has 4 heterocycles. The minimum atomic E-state index is -0.970. The molecule has 2 aromatic carbocycles. The number of aliphatic carboxylic acids is 1. The number of benzene rings is 2. The predicted molar refractivity (Wildman–Crippen MR) is 230 cm³/mol. The van der Waals surface area contributed by atoms with Gasteiger partial charge in [-0.3, -0.25) is 9.97 Å². The van der Waals surface area contributed by atoms with Gasteiger partial charge in [0.15, 0.2) is 0 Å². The number of esters is 1. The van der Waals surface area contributed by atoms with Gasteiger partial charge in [0.25, 0.3) is 0 Å². The lowest BCUT2D eigenvalue weighted by molar-refractivity contribution is -0.133. The van der Waals surface area contributed by atoms with Crippen molar-refractivity contribution in [2.45, 2.75) is 51.3 Å². The maximum Gasteiger partial charge on any atom is 0.409 e. The molecule has 0 saturated carbocycles. The fourth-order valence-electron chi connectivity index (χ4n) is 9.12. The number of piperidine rings is 2. The molecule has 4 aliphatic rings. The predicted octanol–water partition coefficient (Wildman–Crippen LogP) is 8.39. The maximum atomic E-state index is 12.7. The molecule has 2 atom stereocenters. The molecular weight excluding hydrogens is 790 g/mol. The highest BCUT2D eigenvalue weighted by Gasteiger charge is 2.38. The highest BCUT2D eigenvalue weighted by molar-refractivity contribution is 6.45. The summed E-state index contributed by atoms with van der Waals surface area (Å²) in [6.07, 6.45) is 10.3. The first-order valence-electron chi connectivity index (χ1n) is 20.1. The van der Waals surface area contributed by atoms with E-state index >= 15 is 0 Å². The summed E-state index contributed by atoms with van der Waals surface area (Å²) in [5.74, 6) is -0.840. The number of carbonyl (C=O) groups excluding carboxylic acids is 2. The fraction of sp³-hybridized carbons (Fsp3) is 0.356. The number of pyridine rings is 2. The van der Waals surface area contributed by atoms with Crippen LogP contribution < -0.4 is 0 Å². The quantitative estimate of drug-likeness (QED) is 0.144. The first kappa shape index (κ1) is 42.1. The smallest absolute Gasteiger partial charge is 0.409 e. The number of nitrogens with zero attached hydrogens (tertiary/aromatic N) is 4. The van der Waals surface area contributed by atoms with Crippen LogP contribution >= 0.6 is 23.2 Å². The number of carboxylic acid groups (broad SMARTS) is 1. The van der Waals surface area contributed by atoms with E-state index in [1.165, 1.54) is 7.11 Å². The van der Waals surface area contributed by atoms with E-state index in [-0.39, 0.29) is 29.4 Å². The van der Waals surface area contributed by atoms with Crippen LogP contribution in [0, 0.1) is 11.8 Å². The summed E-state index contributed by atoms with van der Waals surface area (Å²) < 4.78 is 10.2. The van der Waals surface area contributed by atoms with Crippen LogP contribution in [-0.4, -0.2) is 94.8 Å². The molecule has 4 aromatic rings. The van der Waals surface area contributed by atoms with Crippen LogP contribution in [0.4, 0.5) is 4.79 Å². The van der Waals surface area contributed by atoms with Crippen molar-refractivity contribution >= 4 is 71.6 Å². The zero-order chi connectivity index (χ0) is 41.8. The number of hydrogen-bond acceptors (Lipinski definition) is 9. The second-order valence-corrected chi connectivity index (χ2v) is 16.2. The largest absolute Gasteiger partial charge is 0.478 e. The Kier molecular flexibility index (Phi) is 13.2. The minimum absolute atomic E-state index is 0.00674. The standard InChI is InChI=1S/C24H25ClN2O4.C21H22BClN2O3/c1-3-31-24(29)27-11-8-15(9-12-27)21-18-7-6-17(25)14-19(18)20(23(28)30-2)13-16-5-4-10-26-22(16)21;1-22(28)25-9-6-13(7-10-25)19-16-5-4-15(23)12-17(16)18(21(26)27)11-14-3-2-8-24-20(14)19/h4-7,10,13-15,21H,3,8-9,11-12H2,1-2H3;2-5,8,11-13,19,28H,6-7,9-10H2,1H3,(H,26,27). The van der Waals surface area contributed by atoms with Crippen LogP contribution in [0.3, 0.4) is 0 Å². The molecule has 2 fully saturated rings. The Morgan fingerprint density at radius 1 is 0.780 bits per heavy atom. The molecule has 306 valence electrons. The monoisotopic (exact) mass is 836 g/mol. The molecule has 14 heteroatoms. The maximum absolute atomic E-state index is 12.7. The van der Waals surface area contributed by atoms with Crippen molar-refractivity contribution < 1.29 is 34.0 Å². The van der Waals surface area contributed by atoms with Gasteiger partial charge in [-0.2, -0.15) is 0 Å². The van der Waals surface area contributed by atoms with E-state index in [2.05, 4.69) is 9.79 Å². The Morgan fingerprint density at radius 2 is 1.27 bits per heavy atom. The van der Waals surface area contributed by atoms with Gasteiger partial charge in [-0.05, 0) is 146 Å². The number of ether oxygens (including phenoxy) is 2. The molecule has 0 spiro atoms. The summed E-state index contributed by atoms with van der Waals surface area (Å²) in [6, 6.07) is 18.8. The zero-order valence-corrected chi connectivity index (χ0v) is 34.8. The van der Waals surface area contributed by atoms with Gasteiger partial charge >= 0.3 is 25.1 Å². The number of aromatic nitrogens is 2. The molecule has 2 saturated heterocycles. The van der Waals surface area contributed by atoms with Gasteiger partial charge < -0.3 is 29.3 Å². The average molecular weight is 838 g/mol. The van der Waals surface area contributed by atoms with Gasteiger partial charge in [0.1, 0.15) is 0 Å². The number of carboxylic acids is 1. The molecule has 2 aromatic heterocycles. The number of likely N-dealkylation sites (tertiary alicyclic amines) is 1. The lowest BCUT2D eigenvalue weighted by Gasteiger charge is -2.37. The number of carbonyl (C=O) groups is 3. The van der Waals surface area contributed by atoms with Crippen LogP contribution in [0.5, 0.6) is 0 Å². The van der Waals surface area contributed by atoms with Gasteiger partial charge in [0, 0.05) is 47.4 Å². The zero-order valence-electron chi connectivity index (χ0n) is 33.3. The number of fused-ring (bicyclic) bond motifs is 4. The van der Waals surface area contributed by atoms with E-state index in [9.17, 15) is 24.5 Å². The summed E-state index contributed by atoms with van der Waals surface area (Å²) in [6.45, 7) is 6.85. The summed E-state index contributed by atoms with van der Waals surface area (Å²) in [5, 5.41) is 20.8. The van der Waals surface area contributed by atoms with Crippen molar-refractivity contribution in [2.75, 3.05) is 39.9 Å². The van der Waals surface area contributed by atoms with E-state index in [0.29, 0.717) is 46.8 Å². The van der Waals surface area contributed by atoms with Gasteiger partial charge in [-0.15, -0.1) is 0 Å². The number of amides is 1. The van der Waals surface area contributed by atoms with Crippen molar-refractivity contribution in [2.24, 2.45) is 11.8 Å². The van der Waals surface area contributed by atoms with Crippen LogP contribution in [0.15, 0.2) is 73.1 Å². The molecule has 1 amide bonds. The fourth-order valence-corrected chi connectivity index (χ4v) is 9.46. The van der Waals surface area contributed by atoms with Gasteiger partial charge in [-0.1, -0.05) is 47.5 Å². The minimum Gasteiger partial charge on any atom is -0.478 e. The van der Waals surface area contributed by atoms with Gasteiger partial charge in [-0.25, -0.2) is 14.4 Å². The number of methoxy groups -OCH3 is 1. The average Bonchev–Trinajstić information content (AvgIpc) is 3.48. The lowest BCUT2D eigenvalue weighted by Crippen LogP contribution is -2.44. The lowest BCUT2D eigenvalue weighted by atomic mass is 9.73. The van der Waals surface area contributed by atoms with Crippen LogP contribution in [0.25, 0.3) is 23.3 Å². The van der Waals surface area contributed by atoms with Gasteiger partial charge in [0.05, 0.1) is 36.3 Å². The third-order valence-electron chi connectivity index (χ3n) is 12.0. The topological polar surface area (TPSA) is 142 Å². The molecule has 0 bridgehead atoms. The van der Waals surface area contributed by atoms with E-state index in [4.69, 9.17) is 37.7 Å². The second-order valence-electron chi connectivity index (χ2n) is 15.3. The van der Waals surface area contributed by atoms with Crippen LogP contribution in [-0.2, 0) is 19.1 Å². The van der Waals surface area contributed by atoms with E-state index in [1.54, 1.807) is 36.3 Å². The molecule has 11 nitrogen and oxygen atoms in total. The molecular formula is C45H47BCl2N4O7. The highest BCUT2D eigenvalue weighted by atomic mass is 35.5. The molecule has 8 rings (SSSR count). The van der Waals surface area contributed by atoms with Crippen molar-refractivity contribution in [3.63, 3.8) is 0 Å². The van der Waals surface area contributed by atoms with Crippen molar-refractivity contribution in [1.29, 1.82) is 0 Å². The molecule has 2 unspecified atom stereocenters. The normalized spacial score (nSPS) is 19.1. The molecule has 59 heavy (non-hydrogen) atoms. The third-order valence-corrected chi connectivity index (χ3v) is 12.4. The Hall–Kier alpha value is -5.01. The van der Waals surface area contributed by atoms with Crippen molar-refractivity contribution in [3.8, 4) is 0 Å². The summed E-state index contributed by atoms with van der Waals surface area (Å²) in [4.78, 5) is 50.0. The number of halogens is 2. The van der Waals surface area contributed by atoms with Crippen LogP contribution in [0.2, 0.25) is 16.9 Å². The Morgan fingerprint density at radius 3 is 1.75 bits per heavy atom. The molecule has 2 N–H and O–H groups in total. The first-order chi connectivity index (χ1) is 28.5. The highest BCUT2D eigenvalue weighted by Crippen LogP contribution is 2.46. The number of rotatable bonds is 6. The summed E-state index contributed by atoms with van der Waals surface area (Å²) >= 11 is 12.5. The van der Waals surface area contributed by atoms with Crippen molar-refractivity contribution in [1.82, 2.24) is 19.7 Å². The van der Waals surface area contributed by atoms with E-state index in [0.717, 1.165) is 78.0 Å². The Balaban J connectivity index is 0.000000180. The SMILES string of the molecule is CB(O)N1CCC(C2c3ccc(Cl)cc3C(C(=O)O)=Cc3cccnc32)CC1.CCOC(=O)N1CCC(C2c3ccc(Cl)cc3C(C(=O)OC)=Cc3cccnc32)CC1. The second kappa shape index (κ2) is 18.5. The summed E-state index contributed by atoms with van der Waals surface area (Å²) in [7, 11) is 0.928. The van der Waals surface area contributed by atoms with Crippen LogP contribution in [0.1, 0.15) is 89.2 Å². The molecule has 0 radical (unpaired) electrons. The first-order valence-corrected chi connectivity index (χ1v) is 20.8. The summed E-state index contributed by atoms with van der Waals surface area (Å²) in [5.41, 5.74) is 7.71. The number of hydrogen-bond donors (Lipinski definition) is 2. The van der Waals surface area contributed by atoms with Gasteiger partial charge in [0.2, 0.25) is 0 Å². The van der Waals surface area contributed by atoms with E-state index in [1.807, 2.05) is 67.6 Å². The van der Waals surface area contributed by atoms with Crippen molar-refractivity contribution in [3.05, 3.63) is 128 Å². The third kappa shape index (κ3) is 8.96. The van der Waals surface area contributed by atoms with E-state index < -0.39 is 19.0 Å². The Bertz CT molecular complexity index is 2290. The Labute approximate surface area is 354 Å². The molecule has 2 aliphatic carbocycles.